The molecule has 1 aromatic carbocycles. The number of rotatable bonds is 5. The number of halogens is 2. The molecular weight excluding hydrogens is 214 g/mol. The molecule has 0 saturated heterocycles. The average molecular weight is 228 g/mol. The van der Waals surface area contributed by atoms with Gasteiger partial charge in [0.1, 0.15) is 0 Å². The van der Waals surface area contributed by atoms with Gasteiger partial charge in [0, 0.05) is 6.42 Å². The molecule has 1 unspecified atom stereocenters. The maximum Gasteiger partial charge on any atom is 0.303 e. The number of hydrogen-bond donors (Lipinski definition) is 1. The molecule has 1 aromatic rings. The van der Waals surface area contributed by atoms with Crippen molar-refractivity contribution in [1.29, 1.82) is 0 Å². The molecule has 1 rings (SSSR count). The zero-order valence-electron chi connectivity index (χ0n) is 9.04. The van der Waals surface area contributed by atoms with Crippen molar-refractivity contribution in [2.45, 2.75) is 26.2 Å². The van der Waals surface area contributed by atoms with E-state index in [4.69, 9.17) is 5.11 Å². The lowest BCUT2D eigenvalue weighted by Gasteiger charge is -2.09. The fourth-order valence-electron chi connectivity index (χ4n) is 1.54. The van der Waals surface area contributed by atoms with Crippen LogP contribution >= 0.6 is 0 Å². The maximum atomic E-state index is 12.9. The van der Waals surface area contributed by atoms with Crippen LogP contribution < -0.4 is 0 Å². The lowest BCUT2D eigenvalue weighted by atomic mass is 9.96. The molecule has 0 saturated carbocycles. The van der Waals surface area contributed by atoms with Gasteiger partial charge in [-0.3, -0.25) is 4.79 Å². The van der Waals surface area contributed by atoms with Crippen LogP contribution in [0.4, 0.5) is 8.78 Å². The number of aliphatic carboxylic acids is 1. The van der Waals surface area contributed by atoms with E-state index in [-0.39, 0.29) is 12.3 Å². The highest BCUT2D eigenvalue weighted by atomic mass is 19.2. The minimum Gasteiger partial charge on any atom is -0.481 e. The molecule has 0 bridgehead atoms. The van der Waals surface area contributed by atoms with Gasteiger partial charge in [-0.1, -0.05) is 13.0 Å². The highest BCUT2D eigenvalue weighted by molar-refractivity contribution is 5.66. The van der Waals surface area contributed by atoms with E-state index >= 15 is 0 Å². The lowest BCUT2D eigenvalue weighted by molar-refractivity contribution is -0.137. The molecule has 0 heterocycles. The standard InChI is InChI=1S/C12H14F2O2/c1-8(2-5-12(15)16)6-9-3-4-10(13)11(14)7-9/h3-4,7-8H,2,5-6H2,1H3,(H,15,16). The first-order valence-electron chi connectivity index (χ1n) is 5.14. The molecule has 2 nitrogen and oxygen atoms in total. The van der Waals surface area contributed by atoms with Crippen LogP contribution in [-0.4, -0.2) is 11.1 Å². The summed E-state index contributed by atoms with van der Waals surface area (Å²) in [4.78, 5) is 10.3. The molecule has 1 N–H and O–H groups in total. The lowest BCUT2D eigenvalue weighted by Crippen LogP contribution is -2.04. The van der Waals surface area contributed by atoms with Gasteiger partial charge in [-0.05, 0) is 36.5 Å². The Balaban J connectivity index is 2.52. The molecule has 0 aliphatic rings. The first-order valence-corrected chi connectivity index (χ1v) is 5.14. The van der Waals surface area contributed by atoms with Crippen molar-refractivity contribution in [2.24, 2.45) is 5.92 Å². The van der Waals surface area contributed by atoms with E-state index < -0.39 is 17.6 Å². The van der Waals surface area contributed by atoms with Gasteiger partial charge in [-0.25, -0.2) is 8.78 Å². The predicted molar refractivity (Wildman–Crippen MR) is 56.1 cm³/mol. The van der Waals surface area contributed by atoms with Crippen molar-refractivity contribution in [3.8, 4) is 0 Å². The van der Waals surface area contributed by atoms with Crippen LogP contribution in [0.25, 0.3) is 0 Å². The second kappa shape index (κ2) is 5.58. The Bertz CT molecular complexity index is 377. The zero-order chi connectivity index (χ0) is 12.1. The fraction of sp³-hybridized carbons (Fsp3) is 0.417. The second-order valence-corrected chi connectivity index (χ2v) is 3.99. The molecule has 0 spiro atoms. The largest absolute Gasteiger partial charge is 0.481 e. The molecule has 4 heteroatoms. The van der Waals surface area contributed by atoms with Gasteiger partial charge in [-0.2, -0.15) is 0 Å². The van der Waals surface area contributed by atoms with Crippen molar-refractivity contribution in [2.75, 3.05) is 0 Å². The van der Waals surface area contributed by atoms with Crippen LogP contribution in [0.15, 0.2) is 18.2 Å². The molecule has 0 amide bonds. The quantitative estimate of drug-likeness (QED) is 0.841. The summed E-state index contributed by atoms with van der Waals surface area (Å²) in [5, 5.41) is 8.50. The normalized spacial score (nSPS) is 12.4. The molecule has 1 atom stereocenters. The molecule has 88 valence electrons. The smallest absolute Gasteiger partial charge is 0.303 e. The Kier molecular flexibility index (Phi) is 4.40. The summed E-state index contributed by atoms with van der Waals surface area (Å²) in [5.41, 5.74) is 0.691. The van der Waals surface area contributed by atoms with E-state index in [1.165, 1.54) is 6.07 Å². The Hall–Kier alpha value is -1.45. The number of hydrogen-bond acceptors (Lipinski definition) is 1. The fourth-order valence-corrected chi connectivity index (χ4v) is 1.54. The third-order valence-corrected chi connectivity index (χ3v) is 2.42. The summed E-state index contributed by atoms with van der Waals surface area (Å²) in [6, 6.07) is 3.77. The van der Waals surface area contributed by atoms with E-state index in [1.54, 1.807) is 0 Å². The summed E-state index contributed by atoms with van der Waals surface area (Å²) < 4.78 is 25.5. The summed E-state index contributed by atoms with van der Waals surface area (Å²) in [6.07, 6.45) is 1.20. The molecule has 0 radical (unpaired) electrons. The third-order valence-electron chi connectivity index (χ3n) is 2.42. The monoisotopic (exact) mass is 228 g/mol. The van der Waals surface area contributed by atoms with Crippen LogP contribution in [0.1, 0.15) is 25.3 Å². The summed E-state index contributed by atoms with van der Waals surface area (Å²) in [5.74, 6) is -2.41. The first-order chi connectivity index (χ1) is 7.49. The number of carboxylic acid groups (broad SMARTS) is 1. The minimum atomic E-state index is -0.859. The molecule has 0 fully saturated rings. The number of benzene rings is 1. The van der Waals surface area contributed by atoms with E-state index in [0.717, 1.165) is 12.1 Å². The second-order valence-electron chi connectivity index (χ2n) is 3.99. The van der Waals surface area contributed by atoms with Gasteiger partial charge in [0.2, 0.25) is 0 Å². The zero-order valence-corrected chi connectivity index (χ0v) is 9.04. The SMILES string of the molecule is CC(CCC(=O)O)Cc1ccc(F)c(F)c1. The highest BCUT2D eigenvalue weighted by Gasteiger charge is 2.08. The van der Waals surface area contributed by atoms with Gasteiger partial charge in [0.15, 0.2) is 11.6 Å². The van der Waals surface area contributed by atoms with Crippen molar-refractivity contribution in [3.63, 3.8) is 0 Å². The third kappa shape index (κ3) is 3.96. The van der Waals surface area contributed by atoms with Gasteiger partial charge in [0.05, 0.1) is 0 Å². The summed E-state index contributed by atoms with van der Waals surface area (Å²) in [7, 11) is 0. The predicted octanol–water partition coefficient (Wildman–Crippen LogP) is 3.01. The van der Waals surface area contributed by atoms with Crippen LogP contribution in [0.3, 0.4) is 0 Å². The van der Waals surface area contributed by atoms with Crippen molar-refractivity contribution in [1.82, 2.24) is 0 Å². The Morgan fingerprint density at radius 1 is 1.38 bits per heavy atom. The van der Waals surface area contributed by atoms with Crippen molar-refractivity contribution >= 4 is 5.97 Å². The van der Waals surface area contributed by atoms with E-state index in [9.17, 15) is 13.6 Å². The highest BCUT2D eigenvalue weighted by Crippen LogP contribution is 2.16. The van der Waals surface area contributed by atoms with Gasteiger partial charge in [-0.15, -0.1) is 0 Å². The van der Waals surface area contributed by atoms with E-state index in [2.05, 4.69) is 0 Å². The Morgan fingerprint density at radius 3 is 2.62 bits per heavy atom. The van der Waals surface area contributed by atoms with Crippen LogP contribution in [0.2, 0.25) is 0 Å². The number of carbonyl (C=O) groups is 1. The van der Waals surface area contributed by atoms with Crippen LogP contribution in [0.5, 0.6) is 0 Å². The Labute approximate surface area is 92.9 Å². The van der Waals surface area contributed by atoms with E-state index in [0.29, 0.717) is 18.4 Å². The molecule has 16 heavy (non-hydrogen) atoms. The minimum absolute atomic E-state index is 0.102. The Morgan fingerprint density at radius 2 is 2.06 bits per heavy atom. The van der Waals surface area contributed by atoms with Crippen LogP contribution in [0, 0.1) is 17.6 Å². The summed E-state index contributed by atoms with van der Waals surface area (Å²) >= 11 is 0. The molecule has 0 aromatic heterocycles. The maximum absolute atomic E-state index is 12.9. The molecule has 0 aliphatic carbocycles. The van der Waals surface area contributed by atoms with E-state index in [1.807, 2.05) is 6.92 Å². The average Bonchev–Trinajstić information content (AvgIpc) is 2.21. The van der Waals surface area contributed by atoms with Gasteiger partial charge >= 0.3 is 5.97 Å². The van der Waals surface area contributed by atoms with Gasteiger partial charge in [0.25, 0.3) is 0 Å². The summed E-state index contributed by atoms with van der Waals surface area (Å²) in [6.45, 7) is 1.89. The first kappa shape index (κ1) is 12.6. The topological polar surface area (TPSA) is 37.3 Å². The molecule has 0 aliphatic heterocycles. The van der Waals surface area contributed by atoms with Crippen molar-refractivity contribution < 1.29 is 18.7 Å². The van der Waals surface area contributed by atoms with Gasteiger partial charge < -0.3 is 5.11 Å². The van der Waals surface area contributed by atoms with Crippen molar-refractivity contribution in [3.05, 3.63) is 35.4 Å². The number of carboxylic acids is 1. The molecular formula is C12H14F2O2. The van der Waals surface area contributed by atoms with Crippen LogP contribution in [-0.2, 0) is 11.2 Å².